The zero-order valence-corrected chi connectivity index (χ0v) is 21.4. The van der Waals surface area contributed by atoms with Crippen LogP contribution in [0, 0.1) is 35.5 Å². The van der Waals surface area contributed by atoms with Gasteiger partial charge in [0.2, 0.25) is 0 Å². The third-order valence-electron chi connectivity index (χ3n) is 9.95. The van der Waals surface area contributed by atoms with Gasteiger partial charge in [-0.05, 0) is 75.0 Å². The van der Waals surface area contributed by atoms with E-state index in [1.54, 1.807) is 5.57 Å². The lowest BCUT2D eigenvalue weighted by Gasteiger charge is -2.58. The Morgan fingerprint density at radius 2 is 1.88 bits per heavy atom. The molecule has 4 aliphatic carbocycles. The molecule has 1 saturated heterocycles. The Bertz CT molecular complexity index is 950. The van der Waals surface area contributed by atoms with E-state index in [1.165, 1.54) is 50.6 Å². The van der Waals surface area contributed by atoms with E-state index < -0.39 is 0 Å². The minimum atomic E-state index is 0.295. The van der Waals surface area contributed by atoms with Crippen molar-refractivity contribution in [3.8, 4) is 0 Å². The molecule has 1 N–H and O–H groups in total. The molecule has 6 rings (SSSR count). The molecule has 6 atom stereocenters. The van der Waals surface area contributed by atoms with Crippen molar-refractivity contribution in [1.82, 2.24) is 18.6 Å². The van der Waals surface area contributed by atoms with Crippen molar-refractivity contribution >= 4 is 17.8 Å². The Balaban J connectivity index is 1.16. The normalized spacial score (nSPS) is 41.1. The summed E-state index contributed by atoms with van der Waals surface area (Å²) in [6, 6.07) is 0.604. The molecule has 0 bridgehead atoms. The molecule has 0 amide bonds. The van der Waals surface area contributed by atoms with E-state index in [-0.39, 0.29) is 0 Å². The number of hydrogen-bond acceptors (Lipinski definition) is 5. The summed E-state index contributed by atoms with van der Waals surface area (Å²) in [5.74, 6) is 2.44. The van der Waals surface area contributed by atoms with E-state index >= 15 is 0 Å². The quantitative estimate of drug-likeness (QED) is 0.470. The number of hydrogen-bond donors (Lipinski definition) is 1. The third-order valence-corrected chi connectivity index (χ3v) is 11.0. The van der Waals surface area contributed by atoms with Crippen molar-refractivity contribution in [2.24, 2.45) is 28.6 Å². The average Bonchev–Trinajstić information content (AvgIpc) is 3.40. The second kappa shape index (κ2) is 8.54. The lowest BCUT2D eigenvalue weighted by Crippen LogP contribution is -2.51. The van der Waals surface area contributed by atoms with E-state index in [0.29, 0.717) is 16.9 Å². The molecule has 6 unspecified atom stereocenters. The molecule has 0 aromatic carbocycles. The van der Waals surface area contributed by atoms with E-state index in [0.717, 1.165) is 49.8 Å². The highest BCUT2D eigenvalue weighted by molar-refractivity contribution is 7.95. The van der Waals surface area contributed by atoms with E-state index in [9.17, 15) is 0 Å². The van der Waals surface area contributed by atoms with Crippen LogP contribution < -0.4 is 4.72 Å². The first-order valence-corrected chi connectivity index (χ1v) is 13.9. The highest BCUT2D eigenvalue weighted by Gasteiger charge is 2.57. The first kappa shape index (κ1) is 22.4. The molecule has 0 radical (unpaired) electrons. The first-order chi connectivity index (χ1) is 16.0. The average molecular weight is 469 g/mol. The van der Waals surface area contributed by atoms with Gasteiger partial charge in [0.15, 0.2) is 0 Å². The number of rotatable bonds is 4. The maximum Gasteiger partial charge on any atom is 0.0992 e. The predicted molar refractivity (Wildman–Crippen MR) is 135 cm³/mol. The highest BCUT2D eigenvalue weighted by Crippen LogP contribution is 2.65. The van der Waals surface area contributed by atoms with Crippen LogP contribution in [0.25, 0.3) is 5.70 Å². The minimum Gasteiger partial charge on any atom is -0.379 e. The molecule has 1 aromatic rings. The van der Waals surface area contributed by atoms with Gasteiger partial charge < -0.3 is 9.30 Å². The molecule has 1 aliphatic heterocycles. The fourth-order valence-corrected chi connectivity index (χ4v) is 8.88. The van der Waals surface area contributed by atoms with Gasteiger partial charge in [0.25, 0.3) is 0 Å². The number of nitrogens with zero attached hydrogens (tertiary/aromatic N) is 3. The molecule has 5 nitrogen and oxygen atoms in total. The van der Waals surface area contributed by atoms with Gasteiger partial charge in [0.1, 0.15) is 0 Å². The number of imidazole rings is 1. The number of aryl methyl sites for hydroxylation is 1. The van der Waals surface area contributed by atoms with Crippen LogP contribution in [0.3, 0.4) is 0 Å². The van der Waals surface area contributed by atoms with Crippen LogP contribution in [0.2, 0.25) is 0 Å². The van der Waals surface area contributed by atoms with Crippen LogP contribution in [0.1, 0.15) is 64.5 Å². The van der Waals surface area contributed by atoms with Gasteiger partial charge in [0.05, 0.1) is 25.2 Å². The Morgan fingerprint density at radius 3 is 2.67 bits per heavy atom. The van der Waals surface area contributed by atoms with Crippen LogP contribution in [-0.2, 0) is 4.74 Å². The van der Waals surface area contributed by atoms with Crippen LogP contribution >= 0.6 is 12.1 Å². The molecule has 0 spiro atoms. The molecule has 2 heterocycles. The van der Waals surface area contributed by atoms with Gasteiger partial charge in [-0.15, -0.1) is 0 Å². The van der Waals surface area contributed by atoms with Crippen LogP contribution in [0.5, 0.6) is 0 Å². The van der Waals surface area contributed by atoms with E-state index in [4.69, 9.17) is 4.74 Å². The summed E-state index contributed by atoms with van der Waals surface area (Å²) in [5, 5.41) is 0. The van der Waals surface area contributed by atoms with Gasteiger partial charge in [-0.1, -0.05) is 31.6 Å². The first-order valence-electron chi connectivity index (χ1n) is 13.1. The van der Waals surface area contributed by atoms with Crippen molar-refractivity contribution in [1.29, 1.82) is 0 Å². The number of fused-ring (bicyclic) bond motifs is 5. The summed E-state index contributed by atoms with van der Waals surface area (Å²) in [6.45, 7) is 11.1. The lowest BCUT2D eigenvalue weighted by molar-refractivity contribution is -0.0131. The van der Waals surface area contributed by atoms with Crippen molar-refractivity contribution < 1.29 is 4.74 Å². The topological polar surface area (TPSA) is 42.3 Å². The molecule has 6 heteroatoms. The van der Waals surface area contributed by atoms with Crippen molar-refractivity contribution in [3.05, 3.63) is 35.9 Å². The molecule has 3 fully saturated rings. The van der Waals surface area contributed by atoms with E-state index in [2.05, 4.69) is 57.7 Å². The van der Waals surface area contributed by atoms with Crippen LogP contribution in [0.4, 0.5) is 0 Å². The highest BCUT2D eigenvalue weighted by atomic mass is 32.2. The SMILES string of the molecule is Cc1cn(C2=CCC3C4CC=C5CC(NSN6CCOCC6)CCC5(C)C4CCC23C)cn1. The molecular weight excluding hydrogens is 428 g/mol. The summed E-state index contributed by atoms with van der Waals surface area (Å²) in [4.78, 5) is 4.52. The molecule has 180 valence electrons. The van der Waals surface area contributed by atoms with Gasteiger partial charge in [0, 0.05) is 48.6 Å². The smallest absolute Gasteiger partial charge is 0.0992 e. The summed E-state index contributed by atoms with van der Waals surface area (Å²) >= 11 is 1.84. The van der Waals surface area contributed by atoms with Gasteiger partial charge in [-0.2, -0.15) is 0 Å². The summed E-state index contributed by atoms with van der Waals surface area (Å²) < 4.78 is 14.1. The molecule has 33 heavy (non-hydrogen) atoms. The largest absolute Gasteiger partial charge is 0.379 e. The molecule has 5 aliphatic rings. The maximum atomic E-state index is 5.50. The number of aromatic nitrogens is 2. The number of ether oxygens (including phenoxy) is 1. The number of nitrogens with one attached hydrogen (secondary N) is 1. The van der Waals surface area contributed by atoms with Gasteiger partial charge >= 0.3 is 0 Å². The third kappa shape index (κ3) is 3.76. The second-order valence-electron chi connectivity index (χ2n) is 11.7. The van der Waals surface area contributed by atoms with Crippen molar-refractivity contribution in [3.63, 3.8) is 0 Å². The summed E-state index contributed by atoms with van der Waals surface area (Å²) in [7, 11) is 0. The minimum absolute atomic E-state index is 0.295. The second-order valence-corrected chi connectivity index (χ2v) is 12.6. The monoisotopic (exact) mass is 468 g/mol. The van der Waals surface area contributed by atoms with Crippen LogP contribution in [0.15, 0.2) is 30.2 Å². The molecule has 2 saturated carbocycles. The number of morpholine rings is 1. The lowest BCUT2D eigenvalue weighted by atomic mass is 9.47. The van der Waals surface area contributed by atoms with Crippen LogP contribution in [-0.4, -0.2) is 46.2 Å². The standard InChI is InChI=1S/C27H40N4OS/c1-19-17-30(18-28-19)25-7-6-23-22-5-4-20-16-21(29-33-31-12-14-32-15-13-31)8-10-26(20,2)24(22)9-11-27(23,25)3/h4,7,17-18,21-24,29H,5-6,8-16H2,1-3H3. The van der Waals surface area contributed by atoms with Crippen molar-refractivity contribution in [2.45, 2.75) is 71.8 Å². The molecular formula is C27H40N4OS. The zero-order chi connectivity index (χ0) is 22.6. The Hall–Kier alpha value is -1.08. The Morgan fingerprint density at radius 1 is 1.06 bits per heavy atom. The Kier molecular flexibility index (Phi) is 5.80. The van der Waals surface area contributed by atoms with Gasteiger partial charge in [-0.25, -0.2) is 14.0 Å². The zero-order valence-electron chi connectivity index (χ0n) is 20.6. The summed E-state index contributed by atoms with van der Waals surface area (Å²) in [6.07, 6.45) is 18.6. The summed E-state index contributed by atoms with van der Waals surface area (Å²) in [5.41, 5.74) is 5.09. The predicted octanol–water partition coefficient (Wildman–Crippen LogP) is 5.46. The van der Waals surface area contributed by atoms with Crippen molar-refractivity contribution in [2.75, 3.05) is 26.3 Å². The fraction of sp³-hybridized carbons (Fsp3) is 0.741. The molecule has 1 aromatic heterocycles. The maximum absolute atomic E-state index is 5.50. The van der Waals surface area contributed by atoms with Gasteiger partial charge in [-0.3, -0.25) is 0 Å². The number of allylic oxidation sites excluding steroid dienone is 3. The Labute approximate surface area is 203 Å². The fourth-order valence-electron chi connectivity index (χ4n) is 8.05. The van der Waals surface area contributed by atoms with E-state index in [1.807, 2.05) is 18.5 Å².